The number of amides is 1. The topological polar surface area (TPSA) is 47.6 Å². The summed E-state index contributed by atoms with van der Waals surface area (Å²) in [7, 11) is 1.55. The zero-order valence-electron chi connectivity index (χ0n) is 14.4. The minimum absolute atomic E-state index is 0.117. The number of benzene rings is 2. The van der Waals surface area contributed by atoms with Crippen LogP contribution in [-0.4, -0.2) is 31.9 Å². The van der Waals surface area contributed by atoms with Crippen LogP contribution in [0.25, 0.3) is 0 Å². The van der Waals surface area contributed by atoms with Crippen LogP contribution in [0.15, 0.2) is 61.2 Å². The molecule has 0 saturated heterocycles. The fraction of sp³-hybridized carbons (Fsp3) is 0.250. The predicted molar refractivity (Wildman–Crippen MR) is 104 cm³/mol. The molecule has 5 heteroatoms. The van der Waals surface area contributed by atoms with Gasteiger partial charge in [0.25, 0.3) is 5.91 Å². The lowest BCUT2D eigenvalue weighted by atomic mass is 10.2. The summed E-state index contributed by atoms with van der Waals surface area (Å²) in [6.07, 6.45) is 1.66. The molecule has 0 heterocycles. The van der Waals surface area contributed by atoms with E-state index in [2.05, 4.69) is 24.0 Å². The lowest BCUT2D eigenvalue weighted by molar-refractivity contribution is 0.0955. The van der Waals surface area contributed by atoms with E-state index in [0.717, 1.165) is 11.5 Å². The van der Waals surface area contributed by atoms with Crippen LogP contribution < -0.4 is 14.8 Å². The van der Waals surface area contributed by atoms with Crippen LogP contribution in [-0.2, 0) is 5.75 Å². The van der Waals surface area contributed by atoms with Crippen LogP contribution in [0.1, 0.15) is 15.9 Å². The van der Waals surface area contributed by atoms with Crippen molar-refractivity contribution in [2.75, 3.05) is 26.0 Å². The van der Waals surface area contributed by atoms with Gasteiger partial charge >= 0.3 is 0 Å². The molecule has 0 spiro atoms. The molecule has 25 heavy (non-hydrogen) atoms. The summed E-state index contributed by atoms with van der Waals surface area (Å²) in [4.78, 5) is 12.2. The second-order valence-electron chi connectivity index (χ2n) is 5.26. The molecule has 0 aliphatic heterocycles. The van der Waals surface area contributed by atoms with E-state index in [-0.39, 0.29) is 5.91 Å². The first kappa shape index (κ1) is 18.9. The molecule has 0 radical (unpaired) electrons. The molecule has 0 aliphatic rings. The van der Waals surface area contributed by atoms with Crippen molar-refractivity contribution in [2.45, 2.75) is 5.75 Å². The fourth-order valence-electron chi connectivity index (χ4n) is 2.18. The SMILES string of the molecule is C=CCOc1ccc(C(=O)NCCSCc2ccccc2)cc1OC. The lowest BCUT2D eigenvalue weighted by Gasteiger charge is -2.11. The average Bonchev–Trinajstić information content (AvgIpc) is 2.66. The van der Waals surface area contributed by atoms with Crippen molar-refractivity contribution in [3.05, 3.63) is 72.3 Å². The number of hydrogen-bond acceptors (Lipinski definition) is 4. The minimum atomic E-state index is -0.117. The third-order valence-electron chi connectivity index (χ3n) is 3.43. The first-order chi connectivity index (χ1) is 12.2. The second-order valence-corrected chi connectivity index (χ2v) is 6.36. The molecule has 1 amide bonds. The molecule has 0 aliphatic carbocycles. The van der Waals surface area contributed by atoms with Gasteiger partial charge in [-0.25, -0.2) is 0 Å². The Morgan fingerprint density at radius 1 is 1.20 bits per heavy atom. The molecule has 0 saturated carbocycles. The highest BCUT2D eigenvalue weighted by Gasteiger charge is 2.10. The van der Waals surface area contributed by atoms with Gasteiger partial charge in [0.15, 0.2) is 11.5 Å². The summed E-state index contributed by atoms with van der Waals surface area (Å²) in [5.74, 6) is 2.82. The number of thioether (sulfide) groups is 1. The maximum Gasteiger partial charge on any atom is 0.251 e. The summed E-state index contributed by atoms with van der Waals surface area (Å²) < 4.78 is 10.8. The molecular formula is C20H23NO3S. The van der Waals surface area contributed by atoms with E-state index in [1.165, 1.54) is 5.56 Å². The van der Waals surface area contributed by atoms with Gasteiger partial charge in [-0.3, -0.25) is 4.79 Å². The van der Waals surface area contributed by atoms with Crippen molar-refractivity contribution in [1.29, 1.82) is 0 Å². The first-order valence-electron chi connectivity index (χ1n) is 8.06. The number of carbonyl (C=O) groups excluding carboxylic acids is 1. The fourth-order valence-corrected chi connectivity index (χ4v) is 3.00. The Bertz CT molecular complexity index is 689. The van der Waals surface area contributed by atoms with E-state index in [1.54, 1.807) is 43.1 Å². The first-order valence-corrected chi connectivity index (χ1v) is 9.21. The van der Waals surface area contributed by atoms with Crippen LogP contribution in [0.4, 0.5) is 0 Å². The Labute approximate surface area is 153 Å². The van der Waals surface area contributed by atoms with E-state index < -0.39 is 0 Å². The number of methoxy groups -OCH3 is 1. The van der Waals surface area contributed by atoms with Crippen molar-refractivity contribution < 1.29 is 14.3 Å². The lowest BCUT2D eigenvalue weighted by Crippen LogP contribution is -2.25. The normalized spacial score (nSPS) is 10.1. The van der Waals surface area contributed by atoms with Gasteiger partial charge in [-0.05, 0) is 23.8 Å². The van der Waals surface area contributed by atoms with E-state index in [4.69, 9.17) is 9.47 Å². The van der Waals surface area contributed by atoms with E-state index in [1.807, 2.05) is 18.2 Å². The summed E-state index contributed by atoms with van der Waals surface area (Å²) in [5, 5.41) is 2.93. The summed E-state index contributed by atoms with van der Waals surface area (Å²) >= 11 is 1.79. The molecule has 0 unspecified atom stereocenters. The largest absolute Gasteiger partial charge is 0.493 e. The van der Waals surface area contributed by atoms with Crippen molar-refractivity contribution in [3.63, 3.8) is 0 Å². The standard InChI is InChI=1S/C20H23NO3S/c1-3-12-24-18-10-9-17(14-19(18)23-2)20(22)21-11-13-25-15-16-7-5-4-6-8-16/h3-10,14H,1,11-13,15H2,2H3,(H,21,22). The van der Waals surface area contributed by atoms with E-state index in [0.29, 0.717) is 30.2 Å². The number of nitrogens with one attached hydrogen (secondary N) is 1. The third kappa shape index (κ3) is 6.19. The van der Waals surface area contributed by atoms with Crippen LogP contribution in [0.5, 0.6) is 11.5 Å². The van der Waals surface area contributed by atoms with Crippen LogP contribution in [0.3, 0.4) is 0 Å². The van der Waals surface area contributed by atoms with E-state index in [9.17, 15) is 4.79 Å². The molecule has 0 fully saturated rings. The van der Waals surface area contributed by atoms with Crippen molar-refractivity contribution in [2.24, 2.45) is 0 Å². The predicted octanol–water partition coefficient (Wildman–Crippen LogP) is 3.92. The molecule has 132 valence electrons. The molecule has 0 aromatic heterocycles. The highest BCUT2D eigenvalue weighted by molar-refractivity contribution is 7.98. The molecular weight excluding hydrogens is 334 g/mol. The maximum atomic E-state index is 12.2. The van der Waals surface area contributed by atoms with Crippen LogP contribution in [0.2, 0.25) is 0 Å². The third-order valence-corrected chi connectivity index (χ3v) is 4.46. The summed E-state index contributed by atoms with van der Waals surface area (Å²) in [6, 6.07) is 15.4. The van der Waals surface area contributed by atoms with Gasteiger partial charge < -0.3 is 14.8 Å². The average molecular weight is 357 g/mol. The van der Waals surface area contributed by atoms with Crippen LogP contribution >= 0.6 is 11.8 Å². The Morgan fingerprint density at radius 3 is 2.72 bits per heavy atom. The molecule has 1 N–H and O–H groups in total. The highest BCUT2D eigenvalue weighted by atomic mass is 32.2. The Hall–Kier alpha value is -2.40. The zero-order valence-corrected chi connectivity index (χ0v) is 15.2. The zero-order chi connectivity index (χ0) is 17.9. The summed E-state index contributed by atoms with van der Waals surface area (Å²) in [5.41, 5.74) is 1.84. The number of hydrogen-bond donors (Lipinski definition) is 1. The molecule has 2 rings (SSSR count). The monoisotopic (exact) mass is 357 g/mol. The van der Waals surface area contributed by atoms with Gasteiger partial charge in [-0.1, -0.05) is 43.0 Å². The van der Waals surface area contributed by atoms with Crippen molar-refractivity contribution in [1.82, 2.24) is 5.32 Å². The van der Waals surface area contributed by atoms with Gasteiger partial charge in [0.1, 0.15) is 6.61 Å². The Balaban J connectivity index is 1.79. The van der Waals surface area contributed by atoms with Gasteiger partial charge in [-0.2, -0.15) is 11.8 Å². The Morgan fingerprint density at radius 2 is 2.00 bits per heavy atom. The van der Waals surface area contributed by atoms with Crippen molar-refractivity contribution in [3.8, 4) is 11.5 Å². The number of carbonyl (C=O) groups is 1. The van der Waals surface area contributed by atoms with Crippen LogP contribution in [0, 0.1) is 0 Å². The van der Waals surface area contributed by atoms with Crippen molar-refractivity contribution >= 4 is 17.7 Å². The number of ether oxygens (including phenoxy) is 2. The van der Waals surface area contributed by atoms with Gasteiger partial charge in [0, 0.05) is 23.6 Å². The molecule has 4 nitrogen and oxygen atoms in total. The Kier molecular flexibility index (Phi) is 7.92. The minimum Gasteiger partial charge on any atom is -0.493 e. The quantitative estimate of drug-likeness (QED) is 0.517. The molecule has 0 bridgehead atoms. The molecule has 2 aromatic carbocycles. The number of rotatable bonds is 10. The second kappa shape index (κ2) is 10.5. The van der Waals surface area contributed by atoms with E-state index >= 15 is 0 Å². The summed E-state index contributed by atoms with van der Waals surface area (Å²) in [6.45, 7) is 4.62. The van der Waals surface area contributed by atoms with Gasteiger partial charge in [0.05, 0.1) is 7.11 Å². The smallest absolute Gasteiger partial charge is 0.251 e. The highest BCUT2D eigenvalue weighted by Crippen LogP contribution is 2.28. The molecule has 0 atom stereocenters. The maximum absolute atomic E-state index is 12.2. The van der Waals surface area contributed by atoms with Gasteiger partial charge in [-0.15, -0.1) is 0 Å². The van der Waals surface area contributed by atoms with Gasteiger partial charge in [0.2, 0.25) is 0 Å². The molecule has 2 aromatic rings.